The molecule has 1 saturated heterocycles. The summed E-state index contributed by atoms with van der Waals surface area (Å²) in [6, 6.07) is 1.94. The second-order valence-corrected chi connectivity index (χ2v) is 4.06. The molecule has 0 radical (unpaired) electrons. The normalized spacial score (nSPS) is 16.0. The Morgan fingerprint density at radius 2 is 2.25 bits per heavy atom. The van der Waals surface area contributed by atoms with Crippen molar-refractivity contribution in [1.82, 2.24) is 9.97 Å². The van der Waals surface area contributed by atoms with Crippen LogP contribution in [0.15, 0.2) is 6.07 Å². The molecule has 16 heavy (non-hydrogen) atoms. The summed E-state index contributed by atoms with van der Waals surface area (Å²) in [5.74, 6) is 0.619. The van der Waals surface area contributed by atoms with E-state index in [0.717, 1.165) is 23.8 Å². The molecule has 86 valence electrons. The summed E-state index contributed by atoms with van der Waals surface area (Å²) < 4.78 is 0. The maximum Gasteiger partial charge on any atom is 0.310 e. The molecule has 1 aromatic heterocycles. The topological polar surface area (TPSA) is 66.3 Å². The lowest BCUT2D eigenvalue weighted by Crippen LogP contribution is -2.50. The number of nitrogens with zero attached hydrogens (tertiary/aromatic N) is 3. The molecular weight excluding hydrogens is 206 g/mol. The highest BCUT2D eigenvalue weighted by molar-refractivity contribution is 5.74. The van der Waals surface area contributed by atoms with Crippen LogP contribution in [0, 0.1) is 12.8 Å². The van der Waals surface area contributed by atoms with E-state index in [2.05, 4.69) is 9.97 Å². The third-order valence-electron chi connectivity index (χ3n) is 2.79. The summed E-state index contributed by atoms with van der Waals surface area (Å²) in [7, 11) is 0. The zero-order valence-corrected chi connectivity index (χ0v) is 9.47. The van der Waals surface area contributed by atoms with Crippen LogP contribution < -0.4 is 4.90 Å². The van der Waals surface area contributed by atoms with E-state index in [1.807, 2.05) is 24.8 Å². The van der Waals surface area contributed by atoms with Crippen LogP contribution in [0.1, 0.15) is 18.4 Å². The predicted molar refractivity (Wildman–Crippen MR) is 59.5 cm³/mol. The fourth-order valence-electron chi connectivity index (χ4n) is 1.78. The van der Waals surface area contributed by atoms with Crippen molar-refractivity contribution in [2.24, 2.45) is 5.92 Å². The Morgan fingerprint density at radius 3 is 2.81 bits per heavy atom. The number of hydrogen-bond acceptors (Lipinski definition) is 4. The lowest BCUT2D eigenvalue weighted by Gasteiger charge is -2.37. The number of aliphatic carboxylic acids is 1. The van der Waals surface area contributed by atoms with Gasteiger partial charge < -0.3 is 10.0 Å². The third kappa shape index (κ3) is 1.98. The molecule has 1 aliphatic heterocycles. The maximum atomic E-state index is 10.7. The lowest BCUT2D eigenvalue weighted by atomic mass is 10.0. The van der Waals surface area contributed by atoms with Gasteiger partial charge in [-0.25, -0.2) is 9.97 Å². The average Bonchev–Trinajstić information content (AvgIpc) is 2.13. The molecule has 0 unspecified atom stereocenters. The van der Waals surface area contributed by atoms with Gasteiger partial charge in [0.05, 0.1) is 5.92 Å². The minimum atomic E-state index is -0.724. The molecule has 0 saturated carbocycles. The van der Waals surface area contributed by atoms with Crippen LogP contribution in [0.2, 0.25) is 0 Å². The van der Waals surface area contributed by atoms with Crippen molar-refractivity contribution in [3.8, 4) is 0 Å². The Balaban J connectivity index is 2.11. The second-order valence-electron chi connectivity index (χ2n) is 4.06. The van der Waals surface area contributed by atoms with Gasteiger partial charge in [-0.15, -0.1) is 0 Å². The summed E-state index contributed by atoms with van der Waals surface area (Å²) in [4.78, 5) is 21.3. The Labute approximate surface area is 94.1 Å². The molecule has 0 amide bonds. The monoisotopic (exact) mass is 221 g/mol. The summed E-state index contributed by atoms with van der Waals surface area (Å²) in [5.41, 5.74) is 1.00. The number of aromatic nitrogens is 2. The van der Waals surface area contributed by atoms with Gasteiger partial charge >= 0.3 is 5.97 Å². The Bertz CT molecular complexity index is 414. The largest absolute Gasteiger partial charge is 0.481 e. The maximum absolute atomic E-state index is 10.7. The first-order chi connectivity index (χ1) is 7.60. The molecule has 0 atom stereocenters. The number of aryl methyl sites for hydroxylation is 2. The molecule has 1 fully saturated rings. The molecule has 0 bridgehead atoms. The van der Waals surface area contributed by atoms with Gasteiger partial charge in [0.25, 0.3) is 0 Å². The summed E-state index contributed by atoms with van der Waals surface area (Å²) in [5, 5.41) is 8.79. The van der Waals surface area contributed by atoms with Gasteiger partial charge in [0.1, 0.15) is 11.6 Å². The van der Waals surface area contributed by atoms with Crippen LogP contribution in [0.5, 0.6) is 0 Å². The Kier molecular flexibility index (Phi) is 2.77. The standard InChI is InChI=1S/C11H15N3O2/c1-3-9-4-10(13-7(2)12-9)14-5-8(6-14)11(15)16/h4,8H,3,5-6H2,1-2H3,(H,15,16). The first-order valence-electron chi connectivity index (χ1n) is 5.42. The fourth-order valence-corrected chi connectivity index (χ4v) is 1.78. The highest BCUT2D eigenvalue weighted by Gasteiger charge is 2.33. The van der Waals surface area contributed by atoms with Crippen molar-refractivity contribution in [2.45, 2.75) is 20.3 Å². The van der Waals surface area contributed by atoms with E-state index in [0.29, 0.717) is 13.1 Å². The SMILES string of the molecule is CCc1cc(N2CC(C(=O)O)C2)nc(C)n1. The zero-order valence-electron chi connectivity index (χ0n) is 9.47. The molecule has 0 aliphatic carbocycles. The first-order valence-corrected chi connectivity index (χ1v) is 5.42. The number of carboxylic acids is 1. The number of rotatable bonds is 3. The van der Waals surface area contributed by atoms with Crippen molar-refractivity contribution < 1.29 is 9.90 Å². The molecule has 1 aromatic rings. The van der Waals surface area contributed by atoms with Gasteiger partial charge in [-0.1, -0.05) is 6.92 Å². The van der Waals surface area contributed by atoms with Crippen molar-refractivity contribution in [3.63, 3.8) is 0 Å². The van der Waals surface area contributed by atoms with E-state index in [-0.39, 0.29) is 5.92 Å². The van der Waals surface area contributed by atoms with E-state index < -0.39 is 5.97 Å². The van der Waals surface area contributed by atoms with E-state index in [4.69, 9.17) is 5.11 Å². The number of hydrogen-bond donors (Lipinski definition) is 1. The minimum absolute atomic E-state index is 0.250. The predicted octanol–water partition coefficient (Wildman–Crippen LogP) is 0.868. The third-order valence-corrected chi connectivity index (χ3v) is 2.79. The first kappa shape index (κ1) is 10.9. The van der Waals surface area contributed by atoms with Crippen molar-refractivity contribution in [2.75, 3.05) is 18.0 Å². The molecule has 1 aliphatic rings. The highest BCUT2D eigenvalue weighted by atomic mass is 16.4. The quantitative estimate of drug-likeness (QED) is 0.820. The van der Waals surface area contributed by atoms with Gasteiger partial charge in [-0.05, 0) is 13.3 Å². The molecule has 0 aromatic carbocycles. The van der Waals surface area contributed by atoms with Crippen LogP contribution in [0.3, 0.4) is 0 Å². The van der Waals surface area contributed by atoms with Gasteiger partial charge in [0.2, 0.25) is 0 Å². The highest BCUT2D eigenvalue weighted by Crippen LogP contribution is 2.23. The summed E-state index contributed by atoms with van der Waals surface area (Å²) in [6.45, 7) is 5.00. The number of carboxylic acid groups (broad SMARTS) is 1. The van der Waals surface area contributed by atoms with Gasteiger partial charge in [-0.2, -0.15) is 0 Å². The molecule has 2 heterocycles. The number of carbonyl (C=O) groups is 1. The van der Waals surface area contributed by atoms with Crippen LogP contribution in [0.25, 0.3) is 0 Å². The van der Waals surface area contributed by atoms with Gasteiger partial charge in [0, 0.05) is 24.8 Å². The van der Waals surface area contributed by atoms with Gasteiger partial charge in [0.15, 0.2) is 0 Å². The van der Waals surface area contributed by atoms with Crippen molar-refractivity contribution in [1.29, 1.82) is 0 Å². The van der Waals surface area contributed by atoms with Crippen LogP contribution in [0.4, 0.5) is 5.82 Å². The van der Waals surface area contributed by atoms with Crippen molar-refractivity contribution in [3.05, 3.63) is 17.6 Å². The average molecular weight is 221 g/mol. The summed E-state index contributed by atoms with van der Waals surface area (Å²) in [6.07, 6.45) is 0.868. The second kappa shape index (κ2) is 4.08. The molecule has 2 rings (SSSR count). The van der Waals surface area contributed by atoms with Crippen LogP contribution in [-0.4, -0.2) is 34.1 Å². The van der Waals surface area contributed by atoms with E-state index in [1.54, 1.807) is 0 Å². The van der Waals surface area contributed by atoms with E-state index in [1.165, 1.54) is 0 Å². The fraction of sp³-hybridized carbons (Fsp3) is 0.545. The number of anilines is 1. The van der Waals surface area contributed by atoms with Crippen LogP contribution >= 0.6 is 0 Å². The van der Waals surface area contributed by atoms with Crippen molar-refractivity contribution >= 4 is 11.8 Å². The van der Waals surface area contributed by atoms with Crippen LogP contribution in [-0.2, 0) is 11.2 Å². The smallest absolute Gasteiger partial charge is 0.310 e. The Hall–Kier alpha value is -1.65. The minimum Gasteiger partial charge on any atom is -0.481 e. The zero-order chi connectivity index (χ0) is 11.7. The molecule has 1 N–H and O–H groups in total. The van der Waals surface area contributed by atoms with E-state index in [9.17, 15) is 4.79 Å². The molecular formula is C11H15N3O2. The summed E-state index contributed by atoms with van der Waals surface area (Å²) >= 11 is 0. The lowest BCUT2D eigenvalue weighted by molar-refractivity contribution is -0.142. The molecule has 5 nitrogen and oxygen atoms in total. The van der Waals surface area contributed by atoms with E-state index >= 15 is 0 Å². The Morgan fingerprint density at radius 1 is 1.56 bits per heavy atom. The molecule has 5 heteroatoms. The molecule has 0 spiro atoms. The van der Waals surface area contributed by atoms with Gasteiger partial charge in [-0.3, -0.25) is 4.79 Å².